The molecule has 4 nitrogen and oxygen atoms in total. The van der Waals surface area contributed by atoms with Crippen molar-refractivity contribution in [2.45, 2.75) is 6.92 Å². The Bertz CT molecular complexity index is 1440. The molecule has 0 saturated heterocycles. The molecule has 0 saturated carbocycles. The van der Waals surface area contributed by atoms with Crippen LogP contribution >= 0.6 is 0 Å². The highest BCUT2D eigenvalue weighted by molar-refractivity contribution is 6.09. The number of aryl methyl sites for hydroxylation is 1. The Balaban J connectivity index is 1.76. The number of rotatable bonds is 1. The molecule has 6 aromatic rings. The Labute approximate surface area is 154 Å². The average molecular weight is 349 g/mol. The van der Waals surface area contributed by atoms with E-state index in [1.807, 2.05) is 37.3 Å². The molecule has 0 N–H and O–H groups in total. The number of aromatic nitrogens is 3. The molecular formula is C23H15N3O. The Morgan fingerprint density at radius 3 is 2.00 bits per heavy atom. The van der Waals surface area contributed by atoms with Gasteiger partial charge in [0.15, 0.2) is 0 Å². The maximum atomic E-state index is 6.03. The number of hydrogen-bond acceptors (Lipinski definition) is 3. The van der Waals surface area contributed by atoms with Crippen molar-refractivity contribution < 1.29 is 4.42 Å². The molecule has 128 valence electrons. The van der Waals surface area contributed by atoms with Crippen molar-refractivity contribution in [3.8, 4) is 5.95 Å². The minimum atomic E-state index is 0.626. The van der Waals surface area contributed by atoms with E-state index < -0.39 is 0 Å². The Kier molecular flexibility index (Phi) is 2.78. The zero-order valence-electron chi connectivity index (χ0n) is 14.7. The van der Waals surface area contributed by atoms with Crippen LogP contribution < -0.4 is 0 Å². The lowest BCUT2D eigenvalue weighted by atomic mass is 10.2. The molecule has 0 unspecified atom stereocenters. The Hall–Kier alpha value is -3.66. The predicted molar refractivity (Wildman–Crippen MR) is 108 cm³/mol. The summed E-state index contributed by atoms with van der Waals surface area (Å²) in [5, 5.41) is 4.42. The molecule has 0 radical (unpaired) electrons. The van der Waals surface area contributed by atoms with Crippen LogP contribution in [0.5, 0.6) is 0 Å². The Morgan fingerprint density at radius 1 is 0.704 bits per heavy atom. The molecule has 3 aromatic heterocycles. The third-order valence-corrected chi connectivity index (χ3v) is 5.19. The van der Waals surface area contributed by atoms with Crippen molar-refractivity contribution in [2.75, 3.05) is 0 Å². The van der Waals surface area contributed by atoms with Crippen molar-refractivity contribution in [1.82, 2.24) is 14.5 Å². The van der Waals surface area contributed by atoms with E-state index >= 15 is 0 Å². The molecule has 0 atom stereocenters. The van der Waals surface area contributed by atoms with Crippen LogP contribution in [-0.2, 0) is 0 Å². The van der Waals surface area contributed by atoms with Gasteiger partial charge in [-0.1, -0.05) is 54.6 Å². The van der Waals surface area contributed by atoms with E-state index in [0.29, 0.717) is 11.7 Å². The van der Waals surface area contributed by atoms with Crippen LogP contribution in [0.3, 0.4) is 0 Å². The minimum absolute atomic E-state index is 0.626. The van der Waals surface area contributed by atoms with Crippen molar-refractivity contribution in [3.63, 3.8) is 0 Å². The minimum Gasteiger partial charge on any atom is -0.438 e. The first-order chi connectivity index (χ1) is 13.3. The summed E-state index contributed by atoms with van der Waals surface area (Å²) in [6, 6.07) is 24.7. The second-order valence-electron chi connectivity index (χ2n) is 6.76. The second kappa shape index (κ2) is 5.17. The first kappa shape index (κ1) is 14.5. The number of fused-ring (bicyclic) bond motifs is 6. The zero-order chi connectivity index (χ0) is 18.0. The van der Waals surface area contributed by atoms with Gasteiger partial charge in [-0.05, 0) is 25.1 Å². The van der Waals surface area contributed by atoms with Gasteiger partial charge in [0.2, 0.25) is 11.7 Å². The maximum absolute atomic E-state index is 6.03. The Morgan fingerprint density at radius 2 is 1.30 bits per heavy atom. The van der Waals surface area contributed by atoms with Crippen LogP contribution in [0.1, 0.15) is 5.69 Å². The lowest BCUT2D eigenvalue weighted by molar-refractivity contribution is 0.650. The summed E-state index contributed by atoms with van der Waals surface area (Å²) in [5.41, 5.74) is 4.56. The topological polar surface area (TPSA) is 43.9 Å². The van der Waals surface area contributed by atoms with Crippen LogP contribution in [0.25, 0.3) is 49.8 Å². The van der Waals surface area contributed by atoms with Crippen molar-refractivity contribution in [1.29, 1.82) is 0 Å². The van der Waals surface area contributed by atoms with Crippen molar-refractivity contribution >= 4 is 43.9 Å². The van der Waals surface area contributed by atoms with Gasteiger partial charge in [0.1, 0.15) is 5.58 Å². The average Bonchev–Trinajstić information content (AvgIpc) is 3.23. The first-order valence-corrected chi connectivity index (χ1v) is 8.96. The van der Waals surface area contributed by atoms with Gasteiger partial charge >= 0.3 is 0 Å². The van der Waals surface area contributed by atoms with Crippen molar-refractivity contribution in [2.24, 2.45) is 0 Å². The van der Waals surface area contributed by atoms with E-state index in [9.17, 15) is 0 Å². The van der Waals surface area contributed by atoms with E-state index in [1.165, 1.54) is 10.8 Å². The SMILES string of the molecule is Cc1nc(-n2c3ccccc3c3ccccc32)nc2oc3ccccc3c12. The first-order valence-electron chi connectivity index (χ1n) is 8.96. The summed E-state index contributed by atoms with van der Waals surface area (Å²) in [4.78, 5) is 9.66. The van der Waals surface area contributed by atoms with Gasteiger partial charge in [0.05, 0.1) is 22.1 Å². The van der Waals surface area contributed by atoms with Gasteiger partial charge in [-0.2, -0.15) is 4.98 Å². The lowest BCUT2D eigenvalue weighted by Crippen LogP contribution is -2.02. The summed E-state index contributed by atoms with van der Waals surface area (Å²) in [6.45, 7) is 2.02. The number of benzene rings is 3. The molecule has 3 heterocycles. The van der Waals surface area contributed by atoms with E-state index in [4.69, 9.17) is 14.4 Å². The molecule has 27 heavy (non-hydrogen) atoms. The van der Waals surface area contributed by atoms with Crippen LogP contribution in [0, 0.1) is 6.92 Å². The van der Waals surface area contributed by atoms with E-state index in [1.54, 1.807) is 0 Å². The summed E-state index contributed by atoms with van der Waals surface area (Å²) >= 11 is 0. The summed E-state index contributed by atoms with van der Waals surface area (Å²) in [7, 11) is 0. The zero-order valence-corrected chi connectivity index (χ0v) is 14.7. The maximum Gasteiger partial charge on any atom is 0.238 e. The normalized spacial score (nSPS) is 11.9. The highest BCUT2D eigenvalue weighted by Crippen LogP contribution is 2.33. The van der Waals surface area contributed by atoms with Gasteiger partial charge in [-0.3, -0.25) is 4.57 Å². The van der Waals surface area contributed by atoms with Crippen LogP contribution in [0.2, 0.25) is 0 Å². The lowest BCUT2D eigenvalue weighted by Gasteiger charge is -2.06. The van der Waals surface area contributed by atoms with Crippen LogP contribution in [0.4, 0.5) is 0 Å². The number of hydrogen-bond donors (Lipinski definition) is 0. The molecule has 3 aromatic carbocycles. The van der Waals surface area contributed by atoms with E-state index in [-0.39, 0.29) is 0 Å². The smallest absolute Gasteiger partial charge is 0.238 e. The molecule has 0 aliphatic rings. The quantitative estimate of drug-likeness (QED) is 0.378. The predicted octanol–water partition coefficient (Wildman–Crippen LogP) is 5.78. The largest absolute Gasteiger partial charge is 0.438 e. The fourth-order valence-electron chi connectivity index (χ4n) is 4.02. The highest BCUT2D eigenvalue weighted by Gasteiger charge is 2.17. The molecule has 0 amide bonds. The molecule has 4 heteroatoms. The summed E-state index contributed by atoms with van der Waals surface area (Å²) < 4.78 is 8.15. The standard InChI is InChI=1S/C23H15N3O/c1-14-21-17-10-4-7-13-20(17)27-22(21)25-23(24-14)26-18-11-5-2-8-15(18)16-9-3-6-12-19(16)26/h2-13H,1H3. The summed E-state index contributed by atoms with van der Waals surface area (Å²) in [5.74, 6) is 0.636. The fraction of sp³-hybridized carbons (Fsp3) is 0.0435. The molecule has 0 aliphatic heterocycles. The molecule has 0 bridgehead atoms. The van der Waals surface area contributed by atoms with Gasteiger partial charge in [0.25, 0.3) is 0 Å². The van der Waals surface area contributed by atoms with Gasteiger partial charge in [-0.15, -0.1) is 0 Å². The van der Waals surface area contributed by atoms with Gasteiger partial charge in [-0.25, -0.2) is 4.98 Å². The summed E-state index contributed by atoms with van der Waals surface area (Å²) in [6.07, 6.45) is 0. The molecule has 0 fully saturated rings. The molecular weight excluding hydrogens is 334 g/mol. The second-order valence-corrected chi connectivity index (χ2v) is 6.76. The van der Waals surface area contributed by atoms with Crippen LogP contribution in [0.15, 0.2) is 77.2 Å². The van der Waals surface area contributed by atoms with Gasteiger partial charge < -0.3 is 4.42 Å². The number of nitrogens with zero attached hydrogens (tertiary/aromatic N) is 3. The molecule has 0 spiro atoms. The molecule has 0 aliphatic carbocycles. The third-order valence-electron chi connectivity index (χ3n) is 5.19. The number of para-hydroxylation sites is 3. The number of furan rings is 1. The van der Waals surface area contributed by atoms with E-state index in [2.05, 4.69) is 47.0 Å². The monoisotopic (exact) mass is 349 g/mol. The third kappa shape index (κ3) is 1.92. The van der Waals surface area contributed by atoms with E-state index in [0.717, 1.165) is 33.1 Å². The van der Waals surface area contributed by atoms with Crippen LogP contribution in [-0.4, -0.2) is 14.5 Å². The van der Waals surface area contributed by atoms with Gasteiger partial charge in [0, 0.05) is 16.2 Å². The fourth-order valence-corrected chi connectivity index (χ4v) is 4.02. The highest BCUT2D eigenvalue weighted by atomic mass is 16.3. The molecule has 6 rings (SSSR count). The van der Waals surface area contributed by atoms with Crippen molar-refractivity contribution in [3.05, 3.63) is 78.5 Å².